The highest BCUT2D eigenvalue weighted by atomic mass is 16.1. The molecule has 3 nitrogen and oxygen atoms in total. The molecule has 2 saturated carbocycles. The first kappa shape index (κ1) is 9.94. The molecular formula is C13H16N2O. The molecule has 0 saturated heterocycles. The van der Waals surface area contributed by atoms with E-state index in [0.717, 1.165) is 11.8 Å². The quantitative estimate of drug-likeness (QED) is 0.729. The van der Waals surface area contributed by atoms with E-state index in [1.165, 1.54) is 25.7 Å². The average molecular weight is 216 g/mol. The molecule has 2 fully saturated rings. The SMILES string of the molecule is O=C(CC1CC2CCC1C2)c1ncccn1. The average Bonchev–Trinajstić information content (AvgIpc) is 2.92. The monoisotopic (exact) mass is 216 g/mol. The van der Waals surface area contributed by atoms with Crippen LogP contribution in [0.15, 0.2) is 18.5 Å². The van der Waals surface area contributed by atoms with E-state index in [9.17, 15) is 4.79 Å². The van der Waals surface area contributed by atoms with Gasteiger partial charge in [-0.25, -0.2) is 9.97 Å². The molecule has 1 aromatic rings. The minimum Gasteiger partial charge on any atom is -0.291 e. The van der Waals surface area contributed by atoms with Gasteiger partial charge < -0.3 is 0 Å². The Morgan fingerprint density at radius 2 is 2.06 bits per heavy atom. The third-order valence-corrected chi connectivity index (χ3v) is 4.15. The zero-order valence-electron chi connectivity index (χ0n) is 9.30. The van der Waals surface area contributed by atoms with E-state index in [0.29, 0.717) is 18.2 Å². The Hall–Kier alpha value is -1.25. The summed E-state index contributed by atoms with van der Waals surface area (Å²) >= 11 is 0. The van der Waals surface area contributed by atoms with Gasteiger partial charge in [-0.1, -0.05) is 6.42 Å². The van der Waals surface area contributed by atoms with Crippen LogP contribution in [0.4, 0.5) is 0 Å². The smallest absolute Gasteiger partial charge is 0.200 e. The van der Waals surface area contributed by atoms with Crippen LogP contribution < -0.4 is 0 Å². The number of rotatable bonds is 3. The number of aromatic nitrogens is 2. The van der Waals surface area contributed by atoms with Gasteiger partial charge in [0.25, 0.3) is 0 Å². The predicted molar refractivity (Wildman–Crippen MR) is 59.9 cm³/mol. The summed E-state index contributed by atoms with van der Waals surface area (Å²) in [7, 11) is 0. The highest BCUT2D eigenvalue weighted by Crippen LogP contribution is 2.49. The van der Waals surface area contributed by atoms with Crippen molar-refractivity contribution in [3.8, 4) is 0 Å². The molecule has 3 rings (SSSR count). The van der Waals surface area contributed by atoms with Crippen LogP contribution in [0.5, 0.6) is 0 Å². The molecule has 0 aliphatic heterocycles. The Balaban J connectivity index is 1.65. The van der Waals surface area contributed by atoms with Crippen molar-refractivity contribution in [3.63, 3.8) is 0 Å². The van der Waals surface area contributed by atoms with Gasteiger partial charge in [0.1, 0.15) is 0 Å². The van der Waals surface area contributed by atoms with Gasteiger partial charge >= 0.3 is 0 Å². The third kappa shape index (κ3) is 1.75. The molecule has 2 bridgehead atoms. The number of carbonyl (C=O) groups is 1. The fraction of sp³-hybridized carbons (Fsp3) is 0.615. The Bertz CT molecular complexity index is 390. The first-order valence-electron chi connectivity index (χ1n) is 6.13. The summed E-state index contributed by atoms with van der Waals surface area (Å²) in [6, 6.07) is 1.74. The van der Waals surface area contributed by atoms with Gasteiger partial charge in [0.15, 0.2) is 11.6 Å². The lowest BCUT2D eigenvalue weighted by Crippen LogP contribution is -2.16. The van der Waals surface area contributed by atoms with Crippen LogP contribution in [0.25, 0.3) is 0 Å². The number of Topliss-reactive ketones (excluding diaryl/α,β-unsaturated/α-hetero) is 1. The fourth-order valence-corrected chi connectivity index (χ4v) is 3.40. The first-order chi connectivity index (χ1) is 7.83. The van der Waals surface area contributed by atoms with Crippen LogP contribution in [0.2, 0.25) is 0 Å². The molecule has 3 unspecified atom stereocenters. The second kappa shape index (κ2) is 3.96. The number of hydrogen-bond donors (Lipinski definition) is 0. The lowest BCUT2D eigenvalue weighted by Gasteiger charge is -2.20. The van der Waals surface area contributed by atoms with Crippen LogP contribution in [0.3, 0.4) is 0 Å². The van der Waals surface area contributed by atoms with E-state index < -0.39 is 0 Å². The molecular weight excluding hydrogens is 200 g/mol. The Kier molecular flexibility index (Phi) is 2.46. The normalized spacial score (nSPS) is 31.9. The van der Waals surface area contributed by atoms with Crippen molar-refractivity contribution in [2.45, 2.75) is 32.1 Å². The summed E-state index contributed by atoms with van der Waals surface area (Å²) in [6.07, 6.45) is 9.26. The van der Waals surface area contributed by atoms with Crippen molar-refractivity contribution in [2.75, 3.05) is 0 Å². The molecule has 84 valence electrons. The van der Waals surface area contributed by atoms with Gasteiger partial charge in [-0.15, -0.1) is 0 Å². The van der Waals surface area contributed by atoms with Crippen molar-refractivity contribution in [1.82, 2.24) is 9.97 Å². The van der Waals surface area contributed by atoms with Crippen molar-refractivity contribution in [1.29, 1.82) is 0 Å². The highest BCUT2D eigenvalue weighted by Gasteiger charge is 2.40. The molecule has 1 aromatic heterocycles. The standard InChI is InChI=1S/C13H16N2O/c16-12(13-14-4-1-5-15-13)8-11-7-9-2-3-10(11)6-9/h1,4-5,9-11H,2-3,6-8H2. The molecule has 2 aliphatic carbocycles. The van der Waals surface area contributed by atoms with Crippen molar-refractivity contribution in [2.24, 2.45) is 17.8 Å². The van der Waals surface area contributed by atoms with Gasteiger partial charge in [0.05, 0.1) is 0 Å². The number of nitrogens with zero attached hydrogens (tertiary/aromatic N) is 2. The lowest BCUT2D eigenvalue weighted by atomic mass is 9.85. The fourth-order valence-electron chi connectivity index (χ4n) is 3.40. The predicted octanol–water partition coefficient (Wildman–Crippen LogP) is 2.49. The molecule has 3 atom stereocenters. The third-order valence-electron chi connectivity index (χ3n) is 4.15. The van der Waals surface area contributed by atoms with Crippen LogP contribution >= 0.6 is 0 Å². The van der Waals surface area contributed by atoms with E-state index in [4.69, 9.17) is 0 Å². The maximum Gasteiger partial charge on any atom is 0.200 e. The summed E-state index contributed by atoms with van der Waals surface area (Å²) in [5.74, 6) is 2.83. The number of fused-ring (bicyclic) bond motifs is 2. The van der Waals surface area contributed by atoms with Crippen LogP contribution in [-0.4, -0.2) is 15.8 Å². The van der Waals surface area contributed by atoms with E-state index >= 15 is 0 Å². The topological polar surface area (TPSA) is 42.9 Å². The number of hydrogen-bond acceptors (Lipinski definition) is 3. The van der Waals surface area contributed by atoms with Gasteiger partial charge in [0, 0.05) is 18.8 Å². The molecule has 2 aliphatic rings. The zero-order valence-corrected chi connectivity index (χ0v) is 9.30. The molecule has 1 heterocycles. The lowest BCUT2D eigenvalue weighted by molar-refractivity contribution is 0.0934. The molecule has 0 radical (unpaired) electrons. The summed E-state index contributed by atoms with van der Waals surface area (Å²) in [5, 5.41) is 0. The van der Waals surface area contributed by atoms with E-state index in [1.54, 1.807) is 18.5 Å². The van der Waals surface area contributed by atoms with Crippen LogP contribution in [-0.2, 0) is 0 Å². The number of carbonyl (C=O) groups excluding carboxylic acids is 1. The van der Waals surface area contributed by atoms with Crippen LogP contribution in [0, 0.1) is 17.8 Å². The maximum absolute atomic E-state index is 12.0. The Morgan fingerprint density at radius 3 is 2.69 bits per heavy atom. The van der Waals surface area contributed by atoms with Crippen molar-refractivity contribution in [3.05, 3.63) is 24.3 Å². The van der Waals surface area contributed by atoms with Gasteiger partial charge in [-0.2, -0.15) is 0 Å². The van der Waals surface area contributed by atoms with Gasteiger partial charge in [-0.05, 0) is 43.1 Å². The van der Waals surface area contributed by atoms with Crippen molar-refractivity contribution < 1.29 is 4.79 Å². The second-order valence-corrected chi connectivity index (χ2v) is 5.13. The summed E-state index contributed by atoms with van der Waals surface area (Å²) < 4.78 is 0. The van der Waals surface area contributed by atoms with E-state index in [-0.39, 0.29) is 5.78 Å². The first-order valence-corrected chi connectivity index (χ1v) is 6.13. The summed E-state index contributed by atoms with van der Waals surface area (Å²) in [6.45, 7) is 0. The summed E-state index contributed by atoms with van der Waals surface area (Å²) in [5.41, 5.74) is 0. The minimum atomic E-state index is 0.123. The van der Waals surface area contributed by atoms with Crippen molar-refractivity contribution >= 4 is 5.78 Å². The summed E-state index contributed by atoms with van der Waals surface area (Å²) in [4.78, 5) is 20.0. The Morgan fingerprint density at radius 1 is 1.25 bits per heavy atom. The van der Waals surface area contributed by atoms with Gasteiger partial charge in [-0.3, -0.25) is 4.79 Å². The molecule has 0 N–H and O–H groups in total. The zero-order chi connectivity index (χ0) is 11.0. The largest absolute Gasteiger partial charge is 0.291 e. The molecule has 0 amide bonds. The highest BCUT2D eigenvalue weighted by molar-refractivity contribution is 5.92. The second-order valence-electron chi connectivity index (χ2n) is 5.13. The van der Waals surface area contributed by atoms with Crippen LogP contribution in [0.1, 0.15) is 42.7 Å². The van der Waals surface area contributed by atoms with E-state index in [2.05, 4.69) is 9.97 Å². The van der Waals surface area contributed by atoms with E-state index in [1.807, 2.05) is 0 Å². The minimum absolute atomic E-state index is 0.123. The molecule has 3 heteroatoms. The molecule has 0 aromatic carbocycles. The molecule has 0 spiro atoms. The number of ketones is 1. The maximum atomic E-state index is 12.0. The molecule has 16 heavy (non-hydrogen) atoms. The van der Waals surface area contributed by atoms with Gasteiger partial charge in [0.2, 0.25) is 0 Å². The Labute approximate surface area is 95.3 Å².